The van der Waals surface area contributed by atoms with E-state index < -0.39 is 6.10 Å². The van der Waals surface area contributed by atoms with Gasteiger partial charge in [0.25, 0.3) is 0 Å². The quantitative estimate of drug-likeness (QED) is 0.571. The molecule has 0 spiro atoms. The molecule has 7 nitrogen and oxygen atoms in total. The summed E-state index contributed by atoms with van der Waals surface area (Å²) in [4.78, 5) is 8.83. The fourth-order valence-corrected chi connectivity index (χ4v) is 2.88. The SMILES string of the molecule is CN=C(NCc1cn2c(n1)CCCC2)NCC(O)c1ccc(C)o1. The summed E-state index contributed by atoms with van der Waals surface area (Å²) in [7, 11) is 1.71. The lowest BCUT2D eigenvalue weighted by molar-refractivity contribution is 0.151. The Bertz CT molecular complexity index is 680. The third kappa shape index (κ3) is 3.97. The Balaban J connectivity index is 1.49. The molecule has 2 aromatic heterocycles. The number of aliphatic imine (C=N–C) groups is 1. The summed E-state index contributed by atoms with van der Waals surface area (Å²) in [6.45, 7) is 3.85. The molecule has 1 atom stereocenters. The second-order valence-corrected chi connectivity index (χ2v) is 6.07. The Hall–Kier alpha value is -2.28. The highest BCUT2D eigenvalue weighted by molar-refractivity contribution is 5.79. The number of aliphatic hydroxyl groups is 1. The van der Waals surface area contributed by atoms with Crippen LogP contribution in [0.25, 0.3) is 0 Å². The third-order valence-corrected chi connectivity index (χ3v) is 4.17. The van der Waals surface area contributed by atoms with E-state index in [9.17, 15) is 5.11 Å². The predicted octanol–water partition coefficient (Wildman–Crippen LogP) is 1.52. The van der Waals surface area contributed by atoms with E-state index in [4.69, 9.17) is 4.42 Å². The lowest BCUT2D eigenvalue weighted by Crippen LogP contribution is -2.39. The first kappa shape index (κ1) is 16.6. The van der Waals surface area contributed by atoms with Crippen LogP contribution in [0.2, 0.25) is 0 Å². The molecule has 3 heterocycles. The topological polar surface area (TPSA) is 87.6 Å². The molecule has 0 aliphatic carbocycles. The van der Waals surface area contributed by atoms with Gasteiger partial charge in [-0.05, 0) is 31.9 Å². The average Bonchev–Trinajstić information content (AvgIpc) is 3.20. The summed E-state index contributed by atoms with van der Waals surface area (Å²) in [5, 5.41) is 16.5. The number of aryl methyl sites for hydroxylation is 3. The molecule has 130 valence electrons. The highest BCUT2D eigenvalue weighted by atomic mass is 16.4. The van der Waals surface area contributed by atoms with E-state index in [2.05, 4.69) is 31.4 Å². The van der Waals surface area contributed by atoms with E-state index in [1.54, 1.807) is 13.1 Å². The van der Waals surface area contributed by atoms with Crippen molar-refractivity contribution in [3.05, 3.63) is 41.4 Å². The molecule has 24 heavy (non-hydrogen) atoms. The van der Waals surface area contributed by atoms with Gasteiger partial charge in [0.05, 0.1) is 18.8 Å². The summed E-state index contributed by atoms with van der Waals surface area (Å²) in [6.07, 6.45) is 4.90. The molecule has 1 unspecified atom stereocenters. The summed E-state index contributed by atoms with van der Waals surface area (Å²) in [5.41, 5.74) is 1.01. The molecule has 3 N–H and O–H groups in total. The monoisotopic (exact) mass is 331 g/mol. The molecule has 1 aliphatic heterocycles. The Morgan fingerprint density at radius 3 is 3.00 bits per heavy atom. The van der Waals surface area contributed by atoms with Crippen molar-refractivity contribution in [2.75, 3.05) is 13.6 Å². The fraction of sp³-hybridized carbons (Fsp3) is 0.529. The van der Waals surface area contributed by atoms with Crippen LogP contribution in [0.5, 0.6) is 0 Å². The number of nitrogens with one attached hydrogen (secondary N) is 2. The van der Waals surface area contributed by atoms with Crippen molar-refractivity contribution >= 4 is 5.96 Å². The summed E-state index contributed by atoms with van der Waals surface area (Å²) in [5.74, 6) is 3.14. The molecule has 0 fully saturated rings. The van der Waals surface area contributed by atoms with Gasteiger partial charge in [0.15, 0.2) is 5.96 Å². The first-order chi connectivity index (χ1) is 11.7. The second-order valence-electron chi connectivity index (χ2n) is 6.07. The van der Waals surface area contributed by atoms with Gasteiger partial charge in [0.2, 0.25) is 0 Å². The van der Waals surface area contributed by atoms with Crippen LogP contribution in [0.15, 0.2) is 27.7 Å². The van der Waals surface area contributed by atoms with Gasteiger partial charge in [-0.3, -0.25) is 4.99 Å². The molecular formula is C17H25N5O2. The minimum absolute atomic E-state index is 0.326. The summed E-state index contributed by atoms with van der Waals surface area (Å²) in [6, 6.07) is 3.62. The molecule has 1 aliphatic rings. The van der Waals surface area contributed by atoms with Crippen molar-refractivity contribution in [1.82, 2.24) is 20.2 Å². The lowest BCUT2D eigenvalue weighted by atomic mass is 10.2. The standard InChI is InChI=1S/C17H25N5O2/c1-12-6-7-15(24-12)14(23)10-20-17(18-2)19-9-13-11-22-8-4-3-5-16(22)21-13/h6-7,11,14,23H,3-5,8-10H2,1-2H3,(H2,18,19,20). The molecule has 7 heteroatoms. The molecule has 0 aromatic carbocycles. The van der Waals surface area contributed by atoms with Crippen LogP contribution in [0.1, 0.15) is 42.0 Å². The highest BCUT2D eigenvalue weighted by Crippen LogP contribution is 2.15. The Morgan fingerprint density at radius 1 is 1.42 bits per heavy atom. The minimum Gasteiger partial charge on any atom is -0.464 e. The third-order valence-electron chi connectivity index (χ3n) is 4.17. The summed E-state index contributed by atoms with van der Waals surface area (Å²) < 4.78 is 7.66. The number of aliphatic hydroxyl groups excluding tert-OH is 1. The van der Waals surface area contributed by atoms with Gasteiger partial charge >= 0.3 is 0 Å². The van der Waals surface area contributed by atoms with Crippen LogP contribution >= 0.6 is 0 Å². The Labute approximate surface area is 141 Å². The van der Waals surface area contributed by atoms with Crippen molar-refractivity contribution in [2.24, 2.45) is 4.99 Å². The van der Waals surface area contributed by atoms with Gasteiger partial charge in [-0.1, -0.05) is 0 Å². The van der Waals surface area contributed by atoms with E-state index in [-0.39, 0.29) is 0 Å². The maximum absolute atomic E-state index is 10.1. The number of hydrogen-bond donors (Lipinski definition) is 3. The number of imidazole rings is 1. The second kappa shape index (κ2) is 7.53. The fourth-order valence-electron chi connectivity index (χ4n) is 2.88. The first-order valence-corrected chi connectivity index (χ1v) is 8.39. The molecule has 0 bridgehead atoms. The lowest BCUT2D eigenvalue weighted by Gasteiger charge is -2.13. The Kier molecular flexibility index (Phi) is 5.20. The number of fused-ring (bicyclic) bond motifs is 1. The van der Waals surface area contributed by atoms with Gasteiger partial charge in [0, 0.05) is 26.2 Å². The van der Waals surface area contributed by atoms with Gasteiger partial charge in [-0.15, -0.1) is 0 Å². The smallest absolute Gasteiger partial charge is 0.191 e. The van der Waals surface area contributed by atoms with Gasteiger partial charge in [-0.2, -0.15) is 0 Å². The highest BCUT2D eigenvalue weighted by Gasteiger charge is 2.14. The van der Waals surface area contributed by atoms with Crippen LogP contribution in [0.4, 0.5) is 0 Å². The van der Waals surface area contributed by atoms with Crippen LogP contribution < -0.4 is 10.6 Å². The van der Waals surface area contributed by atoms with Crippen LogP contribution in [-0.2, 0) is 19.5 Å². The molecule has 3 rings (SSSR count). The van der Waals surface area contributed by atoms with Crippen molar-refractivity contribution in [3.63, 3.8) is 0 Å². The maximum atomic E-state index is 10.1. The van der Waals surface area contributed by atoms with Crippen molar-refractivity contribution in [3.8, 4) is 0 Å². The minimum atomic E-state index is -0.711. The maximum Gasteiger partial charge on any atom is 0.191 e. The van der Waals surface area contributed by atoms with Gasteiger partial charge in [0.1, 0.15) is 23.4 Å². The molecule has 0 amide bonds. The number of furan rings is 1. The van der Waals surface area contributed by atoms with Crippen molar-refractivity contribution in [2.45, 2.75) is 45.4 Å². The van der Waals surface area contributed by atoms with Crippen molar-refractivity contribution in [1.29, 1.82) is 0 Å². The predicted molar refractivity (Wildman–Crippen MR) is 91.8 cm³/mol. The molecule has 2 aromatic rings. The number of hydrogen-bond acceptors (Lipinski definition) is 4. The summed E-state index contributed by atoms with van der Waals surface area (Å²) >= 11 is 0. The van der Waals surface area contributed by atoms with E-state index in [1.165, 1.54) is 18.7 Å². The zero-order chi connectivity index (χ0) is 16.9. The number of rotatable bonds is 5. The number of guanidine groups is 1. The first-order valence-electron chi connectivity index (χ1n) is 8.39. The number of aromatic nitrogens is 2. The van der Waals surface area contributed by atoms with Gasteiger partial charge < -0.3 is 24.7 Å². The molecular weight excluding hydrogens is 306 g/mol. The normalized spacial score (nSPS) is 15.9. The van der Waals surface area contributed by atoms with Crippen LogP contribution in [-0.4, -0.2) is 34.2 Å². The zero-order valence-electron chi connectivity index (χ0n) is 14.2. The Morgan fingerprint density at radius 2 is 2.29 bits per heavy atom. The molecule has 0 saturated carbocycles. The van der Waals surface area contributed by atoms with Crippen LogP contribution in [0.3, 0.4) is 0 Å². The molecule has 0 radical (unpaired) electrons. The van der Waals surface area contributed by atoms with Crippen molar-refractivity contribution < 1.29 is 9.52 Å². The van der Waals surface area contributed by atoms with E-state index in [0.717, 1.165) is 24.4 Å². The van der Waals surface area contributed by atoms with E-state index >= 15 is 0 Å². The van der Waals surface area contributed by atoms with E-state index in [0.29, 0.717) is 24.8 Å². The average molecular weight is 331 g/mol. The zero-order valence-corrected chi connectivity index (χ0v) is 14.2. The number of nitrogens with zero attached hydrogens (tertiary/aromatic N) is 3. The van der Waals surface area contributed by atoms with Gasteiger partial charge in [-0.25, -0.2) is 4.98 Å². The van der Waals surface area contributed by atoms with Crippen LogP contribution in [0, 0.1) is 6.92 Å². The van der Waals surface area contributed by atoms with E-state index in [1.807, 2.05) is 13.0 Å². The largest absolute Gasteiger partial charge is 0.464 e. The molecule has 0 saturated heterocycles.